The minimum Gasteiger partial charge on any atom is -0.276 e. The van der Waals surface area contributed by atoms with Crippen molar-refractivity contribution >= 4 is 5.69 Å². The first-order valence-corrected chi connectivity index (χ1v) is 8.43. The zero-order valence-electron chi connectivity index (χ0n) is 16.3. The van der Waals surface area contributed by atoms with Gasteiger partial charge >= 0.3 is 24.1 Å². The van der Waals surface area contributed by atoms with Crippen LogP contribution in [0.2, 0.25) is 0 Å². The molecule has 20 heteroatoms. The van der Waals surface area contributed by atoms with E-state index >= 15 is 0 Å². The van der Waals surface area contributed by atoms with Gasteiger partial charge in [-0.05, 0) is 0 Å². The second-order valence-corrected chi connectivity index (χ2v) is 6.66. The summed E-state index contributed by atoms with van der Waals surface area (Å²) >= 11 is 0. The Morgan fingerprint density at radius 1 is 0.432 bits per heavy atom. The Labute approximate surface area is 189 Å². The molecule has 0 aliphatic heterocycles. The topological polar surface area (TPSA) is 3.24 Å². The van der Waals surface area contributed by atoms with Gasteiger partial charge in [-0.15, -0.1) is 0 Å². The van der Waals surface area contributed by atoms with Gasteiger partial charge in [0.15, 0.2) is 53.3 Å². The SMILES string of the molecule is FCN(c1c(F)c(F)c(F)c(F)c1-c1c(F)c(F)c(F)c(F)c1F)C(F)(F)C(F)(F)C(F)(F)C(F)(F)F. The molecule has 0 aromatic heterocycles. The quantitative estimate of drug-likeness (QED) is 0.146. The number of hydrogen-bond donors (Lipinski definition) is 0. The van der Waals surface area contributed by atoms with E-state index in [1.807, 2.05) is 0 Å². The van der Waals surface area contributed by atoms with Gasteiger partial charge in [-0.3, -0.25) is 4.90 Å². The Balaban J connectivity index is 3.14. The van der Waals surface area contributed by atoms with Crippen LogP contribution in [0.5, 0.6) is 0 Å². The molecular weight excluding hydrogens is 579 g/mol. The van der Waals surface area contributed by atoms with Crippen LogP contribution in [0.4, 0.5) is 89.1 Å². The fourth-order valence-corrected chi connectivity index (χ4v) is 2.74. The van der Waals surface area contributed by atoms with Crippen molar-refractivity contribution in [2.24, 2.45) is 0 Å². The Bertz CT molecular complexity index is 1200. The van der Waals surface area contributed by atoms with Crippen LogP contribution in [0.3, 0.4) is 0 Å². The molecule has 0 saturated carbocycles. The average Bonchev–Trinajstić information content (AvgIpc) is 2.79. The molecule has 0 aliphatic carbocycles. The summed E-state index contributed by atoms with van der Waals surface area (Å²) in [5.41, 5.74) is -9.71. The van der Waals surface area contributed by atoms with Crippen LogP contribution in [-0.2, 0) is 0 Å². The van der Waals surface area contributed by atoms with Crippen molar-refractivity contribution in [3.8, 4) is 11.1 Å². The Kier molecular flexibility index (Phi) is 7.36. The highest BCUT2D eigenvalue weighted by Crippen LogP contribution is 2.56. The molecule has 2 aromatic carbocycles. The third-order valence-electron chi connectivity index (χ3n) is 4.56. The fraction of sp³-hybridized carbons (Fsp3) is 0.294. The maximum atomic E-state index is 14.4. The predicted molar refractivity (Wildman–Crippen MR) is 80.8 cm³/mol. The third-order valence-corrected chi connectivity index (χ3v) is 4.56. The molecule has 0 saturated heterocycles. The first-order valence-electron chi connectivity index (χ1n) is 8.43. The van der Waals surface area contributed by atoms with Crippen molar-refractivity contribution in [3.63, 3.8) is 0 Å². The zero-order chi connectivity index (χ0) is 29.2. The summed E-state index contributed by atoms with van der Waals surface area (Å²) in [6.07, 6.45) is -7.58. The van der Waals surface area contributed by atoms with E-state index in [1.54, 1.807) is 0 Å². The van der Waals surface area contributed by atoms with Crippen LogP contribution in [0.25, 0.3) is 11.1 Å². The van der Waals surface area contributed by atoms with Crippen LogP contribution < -0.4 is 4.90 Å². The maximum absolute atomic E-state index is 14.4. The van der Waals surface area contributed by atoms with Gasteiger partial charge in [0.2, 0.25) is 5.82 Å². The first kappa shape index (κ1) is 30.1. The monoisotopic (exact) mass is 581 g/mol. The number of hydrogen-bond acceptors (Lipinski definition) is 1. The largest absolute Gasteiger partial charge is 0.460 e. The van der Waals surface area contributed by atoms with E-state index in [-0.39, 0.29) is 0 Å². The Morgan fingerprint density at radius 2 is 0.757 bits per heavy atom. The highest BCUT2D eigenvalue weighted by atomic mass is 19.4. The molecule has 0 unspecified atom stereocenters. The molecule has 0 atom stereocenters. The van der Waals surface area contributed by atoms with Crippen molar-refractivity contribution in [2.45, 2.75) is 24.1 Å². The molecule has 0 aliphatic rings. The number of rotatable bonds is 6. The number of alkyl halides is 10. The first-order chi connectivity index (χ1) is 16.5. The van der Waals surface area contributed by atoms with E-state index in [9.17, 15) is 83.4 Å². The minimum absolute atomic E-state index is 2.67. The number of anilines is 1. The van der Waals surface area contributed by atoms with Crippen LogP contribution in [0, 0.1) is 52.4 Å². The predicted octanol–water partition coefficient (Wildman–Crippen LogP) is 7.76. The summed E-state index contributed by atoms with van der Waals surface area (Å²) in [4.78, 5) is -2.67. The maximum Gasteiger partial charge on any atom is 0.460 e. The number of benzene rings is 2. The van der Waals surface area contributed by atoms with Crippen molar-refractivity contribution in [2.75, 3.05) is 11.7 Å². The lowest BCUT2D eigenvalue weighted by molar-refractivity contribution is -0.396. The van der Waals surface area contributed by atoms with E-state index in [2.05, 4.69) is 0 Å². The van der Waals surface area contributed by atoms with Crippen molar-refractivity contribution < 1.29 is 83.4 Å². The lowest BCUT2D eigenvalue weighted by Gasteiger charge is -2.40. The molecule has 2 rings (SSSR count). The Hall–Kier alpha value is -3.09. The summed E-state index contributed by atoms with van der Waals surface area (Å²) in [5.74, 6) is -45.8. The summed E-state index contributed by atoms with van der Waals surface area (Å²) in [6, 6.07) is -7.48. The smallest absolute Gasteiger partial charge is 0.276 e. The average molecular weight is 581 g/mol. The van der Waals surface area contributed by atoms with Crippen LogP contribution in [-0.4, -0.2) is 30.9 Å². The standard InChI is InChI=1S/C17H2F19N/c18-1-37(17(35,36)15(30,31)14(28,29)16(32,33)34)13-3(6(21)9(24)11(26)12(13)27)2-4(19)7(22)10(25)8(23)5(2)20/h1H2. The Morgan fingerprint density at radius 3 is 1.11 bits per heavy atom. The third kappa shape index (κ3) is 4.07. The van der Waals surface area contributed by atoms with Gasteiger partial charge < -0.3 is 0 Å². The molecule has 1 nitrogen and oxygen atoms in total. The van der Waals surface area contributed by atoms with Gasteiger partial charge in [0.05, 0.1) is 16.8 Å². The molecule has 0 fully saturated rings. The minimum atomic E-state index is -7.91. The molecule has 0 radical (unpaired) electrons. The van der Waals surface area contributed by atoms with Gasteiger partial charge in [-0.25, -0.2) is 43.9 Å². The van der Waals surface area contributed by atoms with Crippen molar-refractivity contribution in [1.82, 2.24) is 0 Å². The molecule has 0 spiro atoms. The highest BCUT2D eigenvalue weighted by Gasteiger charge is 2.83. The van der Waals surface area contributed by atoms with E-state index in [0.717, 1.165) is 0 Å². The zero-order valence-corrected chi connectivity index (χ0v) is 16.3. The fourth-order valence-electron chi connectivity index (χ4n) is 2.74. The van der Waals surface area contributed by atoms with Gasteiger partial charge in [0, 0.05) is 0 Å². The van der Waals surface area contributed by atoms with E-state index in [1.165, 1.54) is 0 Å². The summed E-state index contributed by atoms with van der Waals surface area (Å²) in [7, 11) is 0. The normalized spacial score (nSPS) is 13.4. The summed E-state index contributed by atoms with van der Waals surface area (Å²) in [5, 5.41) is 0. The molecule has 0 N–H and O–H groups in total. The molecule has 0 amide bonds. The van der Waals surface area contributed by atoms with Crippen LogP contribution in [0.15, 0.2) is 0 Å². The van der Waals surface area contributed by atoms with Gasteiger partial charge in [-0.2, -0.15) is 39.5 Å². The van der Waals surface area contributed by atoms with Crippen LogP contribution >= 0.6 is 0 Å². The molecule has 0 heterocycles. The molecule has 0 bridgehead atoms. The van der Waals surface area contributed by atoms with Crippen LogP contribution in [0.1, 0.15) is 0 Å². The van der Waals surface area contributed by atoms with E-state index < -0.39 is 105 Å². The van der Waals surface area contributed by atoms with E-state index in [0.29, 0.717) is 0 Å². The lowest BCUT2D eigenvalue weighted by Crippen LogP contribution is -2.66. The van der Waals surface area contributed by atoms with Crippen molar-refractivity contribution in [3.05, 3.63) is 52.4 Å². The van der Waals surface area contributed by atoms with Crippen molar-refractivity contribution in [1.29, 1.82) is 0 Å². The number of halogens is 19. The lowest BCUT2D eigenvalue weighted by atomic mass is 9.98. The highest BCUT2D eigenvalue weighted by molar-refractivity contribution is 5.81. The molecular formula is C17H2F19N. The molecule has 208 valence electrons. The second kappa shape index (κ2) is 9.03. The molecule has 37 heavy (non-hydrogen) atoms. The van der Waals surface area contributed by atoms with Gasteiger partial charge in [0.1, 0.15) is 0 Å². The summed E-state index contributed by atoms with van der Waals surface area (Å²) < 4.78 is 257. The molecule has 2 aromatic rings. The summed E-state index contributed by atoms with van der Waals surface area (Å²) in [6.45, 7) is -3.67. The number of nitrogens with zero attached hydrogens (tertiary/aromatic N) is 1. The van der Waals surface area contributed by atoms with Gasteiger partial charge in [0.25, 0.3) is 0 Å². The van der Waals surface area contributed by atoms with Gasteiger partial charge in [-0.1, -0.05) is 0 Å². The van der Waals surface area contributed by atoms with E-state index in [4.69, 9.17) is 0 Å². The second-order valence-electron chi connectivity index (χ2n) is 6.66.